The number of carbonyl (C=O) groups is 1. The number of rotatable bonds is 6. The predicted molar refractivity (Wildman–Crippen MR) is 142 cm³/mol. The van der Waals surface area contributed by atoms with Gasteiger partial charge in [0.15, 0.2) is 5.75 Å². The molecule has 0 N–H and O–H groups in total. The normalized spacial score (nSPS) is 14.5. The zero-order valence-corrected chi connectivity index (χ0v) is 21.2. The molecule has 0 atom stereocenters. The summed E-state index contributed by atoms with van der Waals surface area (Å²) in [5.74, 6) is 0.163. The molecule has 0 saturated carbocycles. The molecule has 0 spiro atoms. The van der Waals surface area contributed by atoms with Gasteiger partial charge in [-0.15, -0.1) is 0 Å². The Hall–Kier alpha value is -2.82. The maximum absolute atomic E-state index is 13.0. The molecule has 1 saturated heterocycles. The first-order chi connectivity index (χ1) is 16.4. The van der Waals surface area contributed by atoms with Crippen LogP contribution >= 0.6 is 47.2 Å². The van der Waals surface area contributed by atoms with Crippen LogP contribution in [0.5, 0.6) is 5.75 Å². The first kappa shape index (κ1) is 24.3. The van der Waals surface area contributed by atoms with E-state index in [1.807, 2.05) is 43.3 Å². The molecule has 0 unspecified atom stereocenters. The third-order valence-electron chi connectivity index (χ3n) is 5.16. The van der Waals surface area contributed by atoms with Gasteiger partial charge < -0.3 is 4.74 Å². The van der Waals surface area contributed by atoms with Crippen molar-refractivity contribution in [1.82, 2.24) is 4.90 Å². The number of thiocarbonyl (C=S) groups is 1. The van der Waals surface area contributed by atoms with E-state index in [2.05, 4.69) is 6.07 Å². The summed E-state index contributed by atoms with van der Waals surface area (Å²) >= 11 is 19.6. The number of halogens is 2. The molecule has 4 nitrogen and oxygen atoms in total. The van der Waals surface area contributed by atoms with Gasteiger partial charge in [0.2, 0.25) is 0 Å². The molecular weight excluding hydrogens is 507 g/mol. The Morgan fingerprint density at radius 2 is 1.79 bits per heavy atom. The molecule has 0 bridgehead atoms. The molecule has 0 aliphatic carbocycles. The average molecular weight is 525 g/mol. The minimum Gasteiger partial charge on any atom is -0.486 e. The van der Waals surface area contributed by atoms with Gasteiger partial charge in [-0.2, -0.15) is 5.26 Å². The molecule has 3 aromatic carbocycles. The minimum absolute atomic E-state index is 0.153. The lowest BCUT2D eigenvalue weighted by Crippen LogP contribution is -2.27. The van der Waals surface area contributed by atoms with Gasteiger partial charge in [0, 0.05) is 5.56 Å². The Morgan fingerprint density at radius 1 is 1.12 bits per heavy atom. The predicted octanol–water partition coefficient (Wildman–Crippen LogP) is 7.15. The van der Waals surface area contributed by atoms with Crippen LogP contribution in [0, 0.1) is 18.3 Å². The van der Waals surface area contributed by atoms with Gasteiger partial charge in [0.1, 0.15) is 10.9 Å². The summed E-state index contributed by atoms with van der Waals surface area (Å²) in [6.07, 6.45) is 1.72. The van der Waals surface area contributed by atoms with Gasteiger partial charge in [0.25, 0.3) is 5.91 Å². The average Bonchev–Trinajstić information content (AvgIpc) is 3.07. The van der Waals surface area contributed by atoms with Gasteiger partial charge in [-0.1, -0.05) is 95.2 Å². The highest BCUT2D eigenvalue weighted by Crippen LogP contribution is 2.38. The highest BCUT2D eigenvalue weighted by molar-refractivity contribution is 8.26. The fraction of sp³-hybridized carbons (Fsp3) is 0.115. The van der Waals surface area contributed by atoms with E-state index < -0.39 is 0 Å². The number of nitriles is 1. The molecule has 0 radical (unpaired) electrons. The fourth-order valence-corrected chi connectivity index (χ4v) is 5.24. The highest BCUT2D eigenvalue weighted by Gasteiger charge is 2.32. The summed E-state index contributed by atoms with van der Waals surface area (Å²) in [6, 6.07) is 20.7. The van der Waals surface area contributed by atoms with E-state index in [4.69, 9.17) is 40.2 Å². The van der Waals surface area contributed by atoms with E-state index in [1.54, 1.807) is 35.2 Å². The monoisotopic (exact) mass is 524 g/mol. The molecular formula is C26H18Cl2N2O2S2. The summed E-state index contributed by atoms with van der Waals surface area (Å²) in [6.45, 7) is 2.59. The Morgan fingerprint density at radius 3 is 2.47 bits per heavy atom. The molecule has 1 amide bonds. The van der Waals surface area contributed by atoms with E-state index in [-0.39, 0.29) is 12.5 Å². The van der Waals surface area contributed by atoms with Crippen LogP contribution in [0.2, 0.25) is 10.0 Å². The minimum atomic E-state index is -0.156. The van der Waals surface area contributed by atoms with E-state index in [0.717, 1.165) is 16.7 Å². The van der Waals surface area contributed by atoms with Crippen molar-refractivity contribution in [3.8, 4) is 11.8 Å². The maximum atomic E-state index is 13.0. The van der Waals surface area contributed by atoms with E-state index >= 15 is 0 Å². The van der Waals surface area contributed by atoms with Crippen LogP contribution < -0.4 is 4.74 Å². The second-order valence-electron chi connectivity index (χ2n) is 7.62. The zero-order chi connectivity index (χ0) is 24.2. The van der Waals surface area contributed by atoms with Gasteiger partial charge in [0.05, 0.1) is 33.1 Å². The van der Waals surface area contributed by atoms with Crippen LogP contribution in [0.3, 0.4) is 0 Å². The standard InChI is InChI=1S/C26H18Cl2N2O2S2/c1-16-6-8-17(9-7-16)14-30-25(31)23(34-26(30)33)12-18-10-21(27)24(22(28)11-18)32-15-20-5-3-2-4-19(20)13-29/h2-12H,14-15H2,1H3/b23-12-. The van der Waals surface area contributed by atoms with E-state index in [9.17, 15) is 10.1 Å². The molecule has 170 valence electrons. The quantitative estimate of drug-likeness (QED) is 0.253. The number of ether oxygens (including phenoxy) is 1. The Labute approximate surface area is 217 Å². The first-order valence-electron chi connectivity index (χ1n) is 10.3. The summed E-state index contributed by atoms with van der Waals surface area (Å²) in [5, 5.41) is 9.86. The number of amides is 1. The van der Waals surface area contributed by atoms with Crippen LogP contribution in [0.4, 0.5) is 0 Å². The molecule has 4 rings (SSSR count). The van der Waals surface area contributed by atoms with Crippen LogP contribution in [0.25, 0.3) is 6.08 Å². The molecule has 0 aromatic heterocycles. The van der Waals surface area contributed by atoms with Crippen molar-refractivity contribution in [2.45, 2.75) is 20.1 Å². The number of hydrogen-bond donors (Lipinski definition) is 0. The van der Waals surface area contributed by atoms with Gasteiger partial charge in [-0.3, -0.25) is 9.69 Å². The maximum Gasteiger partial charge on any atom is 0.266 e. The highest BCUT2D eigenvalue weighted by atomic mass is 35.5. The molecule has 1 aliphatic heterocycles. The number of carbonyl (C=O) groups excluding carboxylic acids is 1. The lowest BCUT2D eigenvalue weighted by Gasteiger charge is -2.14. The van der Waals surface area contributed by atoms with Crippen molar-refractivity contribution in [3.05, 3.63) is 103 Å². The summed E-state index contributed by atoms with van der Waals surface area (Å²) in [5.41, 5.74) is 4.09. The number of thioether (sulfide) groups is 1. The topological polar surface area (TPSA) is 53.3 Å². The Balaban J connectivity index is 1.51. The van der Waals surface area contributed by atoms with Gasteiger partial charge in [-0.05, 0) is 42.3 Å². The third kappa shape index (κ3) is 5.45. The summed E-state index contributed by atoms with van der Waals surface area (Å²) < 4.78 is 6.32. The lowest BCUT2D eigenvalue weighted by atomic mass is 10.1. The van der Waals surface area contributed by atoms with E-state index in [1.165, 1.54) is 11.8 Å². The third-order valence-corrected chi connectivity index (χ3v) is 7.10. The molecule has 1 fully saturated rings. The lowest BCUT2D eigenvalue weighted by molar-refractivity contribution is -0.122. The van der Waals surface area contributed by atoms with Gasteiger partial charge in [-0.25, -0.2) is 0 Å². The van der Waals surface area contributed by atoms with Crippen molar-refractivity contribution in [2.75, 3.05) is 0 Å². The number of hydrogen-bond acceptors (Lipinski definition) is 5. The van der Waals surface area contributed by atoms with Gasteiger partial charge >= 0.3 is 0 Å². The molecule has 1 aliphatic rings. The number of nitrogens with zero attached hydrogens (tertiary/aromatic N) is 2. The van der Waals surface area contributed by atoms with Crippen LogP contribution in [0.1, 0.15) is 27.8 Å². The van der Waals surface area contributed by atoms with Crippen molar-refractivity contribution in [1.29, 1.82) is 5.26 Å². The summed E-state index contributed by atoms with van der Waals surface area (Å²) in [7, 11) is 0. The summed E-state index contributed by atoms with van der Waals surface area (Å²) in [4.78, 5) is 15.1. The Kier molecular flexibility index (Phi) is 7.60. The fourth-order valence-electron chi connectivity index (χ4n) is 3.37. The second-order valence-corrected chi connectivity index (χ2v) is 10.1. The van der Waals surface area contributed by atoms with Crippen LogP contribution in [-0.4, -0.2) is 15.1 Å². The Bertz CT molecular complexity index is 1320. The van der Waals surface area contributed by atoms with Crippen molar-refractivity contribution < 1.29 is 9.53 Å². The van der Waals surface area contributed by atoms with Crippen molar-refractivity contribution in [3.63, 3.8) is 0 Å². The SMILES string of the molecule is Cc1ccc(CN2C(=O)/C(=C/c3cc(Cl)c(OCc4ccccc4C#N)c(Cl)c3)SC2=S)cc1. The zero-order valence-electron chi connectivity index (χ0n) is 18.0. The second kappa shape index (κ2) is 10.6. The smallest absolute Gasteiger partial charge is 0.266 e. The molecule has 34 heavy (non-hydrogen) atoms. The molecule has 8 heteroatoms. The van der Waals surface area contributed by atoms with Crippen molar-refractivity contribution >= 4 is 63.5 Å². The van der Waals surface area contributed by atoms with Crippen LogP contribution in [-0.2, 0) is 17.9 Å². The number of benzene rings is 3. The molecule has 3 aromatic rings. The first-order valence-corrected chi connectivity index (χ1v) is 12.2. The van der Waals surface area contributed by atoms with Crippen molar-refractivity contribution in [2.24, 2.45) is 0 Å². The van der Waals surface area contributed by atoms with Crippen LogP contribution in [0.15, 0.2) is 65.6 Å². The largest absolute Gasteiger partial charge is 0.486 e. The van der Waals surface area contributed by atoms with E-state index in [0.29, 0.717) is 42.7 Å². The molecule has 1 heterocycles. The number of aryl methyl sites for hydroxylation is 1.